The van der Waals surface area contributed by atoms with Crippen molar-refractivity contribution >= 4 is 0 Å². The van der Waals surface area contributed by atoms with Crippen molar-refractivity contribution in [1.82, 2.24) is 5.32 Å². The van der Waals surface area contributed by atoms with Crippen molar-refractivity contribution in [3.63, 3.8) is 0 Å². The fraction of sp³-hybridized carbons (Fsp3) is 1.00. The van der Waals surface area contributed by atoms with Crippen LogP contribution in [0.5, 0.6) is 0 Å². The first-order chi connectivity index (χ1) is 7.75. The zero-order valence-corrected chi connectivity index (χ0v) is 11.2. The summed E-state index contributed by atoms with van der Waals surface area (Å²) in [5, 5.41) is 3.54. The van der Waals surface area contributed by atoms with Gasteiger partial charge in [0.25, 0.3) is 0 Å². The SMILES string of the molecule is CC(C)CNCCCCC1CC2CCC1C2. The van der Waals surface area contributed by atoms with Crippen LogP contribution in [0.4, 0.5) is 0 Å². The molecule has 0 radical (unpaired) electrons. The molecule has 2 saturated carbocycles. The quantitative estimate of drug-likeness (QED) is 0.647. The predicted molar refractivity (Wildman–Crippen MR) is 70.5 cm³/mol. The molecule has 3 atom stereocenters. The molecule has 0 aromatic carbocycles. The molecular weight excluding hydrogens is 194 g/mol. The van der Waals surface area contributed by atoms with Crippen molar-refractivity contribution in [2.45, 2.75) is 58.8 Å². The minimum atomic E-state index is 0.797. The molecule has 3 unspecified atom stereocenters. The Morgan fingerprint density at radius 3 is 2.62 bits per heavy atom. The van der Waals surface area contributed by atoms with Gasteiger partial charge in [0.15, 0.2) is 0 Å². The molecule has 1 heteroatoms. The Labute approximate surface area is 101 Å². The van der Waals surface area contributed by atoms with Gasteiger partial charge in [-0.05, 0) is 62.4 Å². The smallest absolute Gasteiger partial charge is 0.00258 e. The molecule has 16 heavy (non-hydrogen) atoms. The van der Waals surface area contributed by atoms with Gasteiger partial charge >= 0.3 is 0 Å². The third-order valence-electron chi connectivity index (χ3n) is 4.62. The van der Waals surface area contributed by atoms with Crippen LogP contribution in [0.15, 0.2) is 0 Å². The van der Waals surface area contributed by atoms with Crippen molar-refractivity contribution in [3.05, 3.63) is 0 Å². The highest BCUT2D eigenvalue weighted by molar-refractivity contribution is 4.89. The Kier molecular flexibility index (Phi) is 4.69. The molecule has 2 aliphatic carbocycles. The number of hydrogen-bond donors (Lipinski definition) is 1. The molecule has 0 spiro atoms. The Hall–Kier alpha value is -0.0400. The molecule has 0 amide bonds. The second-order valence-corrected chi connectivity index (χ2v) is 6.53. The minimum absolute atomic E-state index is 0.797. The standard InChI is InChI=1S/C15H29N/c1-12(2)11-16-8-4-3-5-14-9-13-6-7-15(14)10-13/h12-16H,3-11H2,1-2H3. The minimum Gasteiger partial charge on any atom is -0.316 e. The first kappa shape index (κ1) is 12.4. The van der Waals surface area contributed by atoms with Crippen LogP contribution in [-0.4, -0.2) is 13.1 Å². The summed E-state index contributed by atoms with van der Waals surface area (Å²) >= 11 is 0. The van der Waals surface area contributed by atoms with Crippen LogP contribution in [0.3, 0.4) is 0 Å². The molecule has 1 N–H and O–H groups in total. The normalized spacial score (nSPS) is 32.8. The van der Waals surface area contributed by atoms with E-state index in [4.69, 9.17) is 0 Å². The van der Waals surface area contributed by atoms with Gasteiger partial charge in [0.1, 0.15) is 0 Å². The second-order valence-electron chi connectivity index (χ2n) is 6.53. The topological polar surface area (TPSA) is 12.0 Å². The zero-order chi connectivity index (χ0) is 11.4. The molecule has 0 aromatic heterocycles. The Bertz CT molecular complexity index is 200. The molecular formula is C15H29N. The van der Waals surface area contributed by atoms with E-state index in [2.05, 4.69) is 19.2 Å². The lowest BCUT2D eigenvalue weighted by Crippen LogP contribution is -2.21. The van der Waals surface area contributed by atoms with E-state index >= 15 is 0 Å². The van der Waals surface area contributed by atoms with Gasteiger partial charge in [-0.2, -0.15) is 0 Å². The van der Waals surface area contributed by atoms with Crippen LogP contribution in [0.2, 0.25) is 0 Å². The number of rotatable bonds is 7. The van der Waals surface area contributed by atoms with E-state index in [0.29, 0.717) is 0 Å². The van der Waals surface area contributed by atoms with Gasteiger partial charge < -0.3 is 5.32 Å². The average Bonchev–Trinajstić information content (AvgIpc) is 2.84. The summed E-state index contributed by atoms with van der Waals surface area (Å²) in [5.41, 5.74) is 0. The first-order valence-corrected chi connectivity index (χ1v) is 7.46. The van der Waals surface area contributed by atoms with Gasteiger partial charge in [-0.25, -0.2) is 0 Å². The van der Waals surface area contributed by atoms with Crippen LogP contribution < -0.4 is 5.32 Å². The van der Waals surface area contributed by atoms with Gasteiger partial charge in [-0.1, -0.05) is 33.1 Å². The highest BCUT2D eigenvalue weighted by Crippen LogP contribution is 2.49. The molecule has 1 nitrogen and oxygen atoms in total. The van der Waals surface area contributed by atoms with Crippen molar-refractivity contribution in [1.29, 1.82) is 0 Å². The van der Waals surface area contributed by atoms with E-state index < -0.39 is 0 Å². The highest BCUT2D eigenvalue weighted by Gasteiger charge is 2.38. The Morgan fingerprint density at radius 2 is 2.00 bits per heavy atom. The fourth-order valence-corrected chi connectivity index (χ4v) is 3.78. The van der Waals surface area contributed by atoms with Crippen molar-refractivity contribution in [2.24, 2.45) is 23.7 Å². The van der Waals surface area contributed by atoms with Crippen LogP contribution >= 0.6 is 0 Å². The molecule has 0 saturated heterocycles. The van der Waals surface area contributed by atoms with Crippen LogP contribution in [0.25, 0.3) is 0 Å². The lowest BCUT2D eigenvalue weighted by atomic mass is 9.85. The molecule has 2 bridgehead atoms. The maximum absolute atomic E-state index is 3.54. The predicted octanol–water partition coefficient (Wildman–Crippen LogP) is 3.84. The third kappa shape index (κ3) is 3.48. The summed E-state index contributed by atoms with van der Waals surface area (Å²) in [7, 11) is 0. The van der Waals surface area contributed by atoms with Gasteiger partial charge in [0.2, 0.25) is 0 Å². The number of hydrogen-bond acceptors (Lipinski definition) is 1. The largest absolute Gasteiger partial charge is 0.316 e. The van der Waals surface area contributed by atoms with E-state index in [9.17, 15) is 0 Å². The van der Waals surface area contributed by atoms with E-state index in [1.807, 2.05) is 0 Å². The molecule has 0 aliphatic heterocycles. The van der Waals surface area contributed by atoms with E-state index in [1.54, 1.807) is 25.7 Å². The number of fused-ring (bicyclic) bond motifs is 2. The van der Waals surface area contributed by atoms with Crippen molar-refractivity contribution in [3.8, 4) is 0 Å². The van der Waals surface area contributed by atoms with E-state index in [0.717, 1.165) is 23.7 Å². The second kappa shape index (κ2) is 6.05. The van der Waals surface area contributed by atoms with Crippen LogP contribution in [0.1, 0.15) is 58.8 Å². The summed E-state index contributed by atoms with van der Waals surface area (Å²) in [6, 6.07) is 0. The number of nitrogens with one attached hydrogen (secondary N) is 1. The lowest BCUT2D eigenvalue weighted by Gasteiger charge is -2.21. The zero-order valence-electron chi connectivity index (χ0n) is 11.2. The van der Waals surface area contributed by atoms with Crippen molar-refractivity contribution < 1.29 is 0 Å². The van der Waals surface area contributed by atoms with E-state index in [1.165, 1.54) is 32.4 Å². The third-order valence-corrected chi connectivity index (χ3v) is 4.62. The molecule has 0 heterocycles. The van der Waals surface area contributed by atoms with Gasteiger partial charge in [-0.3, -0.25) is 0 Å². The Balaban J connectivity index is 1.46. The summed E-state index contributed by atoms with van der Waals surface area (Å²) in [5.74, 6) is 4.18. The molecule has 2 aliphatic rings. The highest BCUT2D eigenvalue weighted by atomic mass is 14.8. The summed E-state index contributed by atoms with van der Waals surface area (Å²) in [6.45, 7) is 6.98. The molecule has 2 fully saturated rings. The molecule has 0 aromatic rings. The van der Waals surface area contributed by atoms with Gasteiger partial charge in [-0.15, -0.1) is 0 Å². The summed E-state index contributed by atoms with van der Waals surface area (Å²) in [6.07, 6.45) is 10.6. The van der Waals surface area contributed by atoms with Gasteiger partial charge in [0, 0.05) is 0 Å². The van der Waals surface area contributed by atoms with Gasteiger partial charge in [0.05, 0.1) is 0 Å². The summed E-state index contributed by atoms with van der Waals surface area (Å²) < 4.78 is 0. The first-order valence-electron chi connectivity index (χ1n) is 7.46. The fourth-order valence-electron chi connectivity index (χ4n) is 3.78. The molecule has 2 rings (SSSR count). The lowest BCUT2D eigenvalue weighted by molar-refractivity contribution is 0.305. The van der Waals surface area contributed by atoms with E-state index in [-0.39, 0.29) is 0 Å². The summed E-state index contributed by atoms with van der Waals surface area (Å²) in [4.78, 5) is 0. The monoisotopic (exact) mass is 223 g/mol. The Morgan fingerprint density at radius 1 is 1.12 bits per heavy atom. The molecule has 94 valence electrons. The van der Waals surface area contributed by atoms with Crippen LogP contribution in [0, 0.1) is 23.7 Å². The number of unbranched alkanes of at least 4 members (excludes halogenated alkanes) is 1. The maximum atomic E-state index is 3.54. The van der Waals surface area contributed by atoms with Crippen LogP contribution in [-0.2, 0) is 0 Å². The van der Waals surface area contributed by atoms with Crippen molar-refractivity contribution in [2.75, 3.05) is 13.1 Å². The average molecular weight is 223 g/mol. The maximum Gasteiger partial charge on any atom is -0.00258 e.